The molecule has 0 aromatic heterocycles. The number of nitrogens with zero attached hydrogens (tertiary/aromatic N) is 1. The number of Topliss-reactive ketones (excluding diaryl/α,β-unsaturated/α-hetero) is 1. The summed E-state index contributed by atoms with van der Waals surface area (Å²) in [6, 6.07) is 5.51. The van der Waals surface area contributed by atoms with Crippen LogP contribution in [-0.4, -0.2) is 52.8 Å². The van der Waals surface area contributed by atoms with Gasteiger partial charge in [-0.2, -0.15) is 0 Å². The molecule has 1 aromatic carbocycles. The molecule has 2 rings (SSSR count). The molecule has 0 spiro atoms. The number of piperidine rings is 1. The van der Waals surface area contributed by atoms with Gasteiger partial charge in [0.25, 0.3) is 0 Å². The minimum Gasteiger partial charge on any atom is -0.496 e. The van der Waals surface area contributed by atoms with Crippen LogP contribution in [0.5, 0.6) is 5.75 Å². The van der Waals surface area contributed by atoms with E-state index >= 15 is 0 Å². The molecular weight excluding hydrogens is 352 g/mol. The molecular formula is C19H24N2O6. The summed E-state index contributed by atoms with van der Waals surface area (Å²) in [7, 11) is 1.57. The number of aryl methyl sites for hydroxylation is 1. The van der Waals surface area contributed by atoms with Crippen molar-refractivity contribution in [2.45, 2.75) is 39.3 Å². The molecule has 1 unspecified atom stereocenters. The lowest BCUT2D eigenvalue weighted by molar-refractivity contribution is -0.158. The zero-order valence-corrected chi connectivity index (χ0v) is 15.9. The van der Waals surface area contributed by atoms with Crippen LogP contribution in [0.1, 0.15) is 31.4 Å². The van der Waals surface area contributed by atoms with Crippen molar-refractivity contribution in [3.05, 3.63) is 29.3 Å². The Morgan fingerprint density at radius 3 is 2.56 bits per heavy atom. The molecule has 2 N–H and O–H groups in total. The van der Waals surface area contributed by atoms with E-state index in [1.165, 1.54) is 4.90 Å². The first kappa shape index (κ1) is 20.4. The molecule has 1 aliphatic rings. The van der Waals surface area contributed by atoms with Gasteiger partial charge in [-0.05, 0) is 38.0 Å². The molecule has 0 aliphatic carbocycles. The highest BCUT2D eigenvalue weighted by Crippen LogP contribution is 2.32. The van der Waals surface area contributed by atoms with Gasteiger partial charge < -0.3 is 20.1 Å². The number of aliphatic carboxylic acids is 1. The van der Waals surface area contributed by atoms with Crippen molar-refractivity contribution in [2.24, 2.45) is 5.92 Å². The molecule has 8 nitrogen and oxygen atoms in total. The largest absolute Gasteiger partial charge is 0.496 e. The molecule has 1 aliphatic heterocycles. The number of carbonyl (C=O) groups excluding carboxylic acids is 3. The second kappa shape index (κ2) is 7.77. The predicted molar refractivity (Wildman–Crippen MR) is 96.1 cm³/mol. The number of methoxy groups -OCH3 is 1. The van der Waals surface area contributed by atoms with E-state index in [1.54, 1.807) is 27.0 Å². The topological polar surface area (TPSA) is 113 Å². The summed E-state index contributed by atoms with van der Waals surface area (Å²) in [5.74, 6) is -4.03. The molecule has 1 fully saturated rings. The van der Waals surface area contributed by atoms with Crippen LogP contribution >= 0.6 is 0 Å². The fourth-order valence-corrected chi connectivity index (χ4v) is 3.25. The third kappa shape index (κ3) is 4.45. The van der Waals surface area contributed by atoms with Crippen molar-refractivity contribution >= 4 is 23.6 Å². The Morgan fingerprint density at radius 1 is 1.33 bits per heavy atom. The number of carboxylic acid groups (broad SMARTS) is 1. The van der Waals surface area contributed by atoms with Gasteiger partial charge in [-0.15, -0.1) is 0 Å². The van der Waals surface area contributed by atoms with Crippen molar-refractivity contribution in [3.63, 3.8) is 0 Å². The SMILES string of the molecule is COc1ccc(CN2C(=O)C(C(=O)NCC(=O)O)C(=O)CC2(C)C)cc1C. The molecule has 2 amide bonds. The molecule has 0 radical (unpaired) electrons. The number of ketones is 1. The summed E-state index contributed by atoms with van der Waals surface area (Å²) in [4.78, 5) is 49.6. The maximum atomic E-state index is 12.9. The number of carboxylic acids is 1. The number of likely N-dealkylation sites (tertiary alicyclic amines) is 1. The predicted octanol–water partition coefficient (Wildman–Crippen LogP) is 0.901. The van der Waals surface area contributed by atoms with E-state index in [1.807, 2.05) is 19.1 Å². The molecule has 0 bridgehead atoms. The number of amides is 2. The third-order valence-corrected chi connectivity index (χ3v) is 4.65. The van der Waals surface area contributed by atoms with Crippen LogP contribution in [0.4, 0.5) is 0 Å². The van der Waals surface area contributed by atoms with Crippen LogP contribution in [0, 0.1) is 12.8 Å². The lowest BCUT2D eigenvalue weighted by Gasteiger charge is -2.44. The maximum absolute atomic E-state index is 12.9. The molecule has 1 heterocycles. The Labute approximate surface area is 157 Å². The van der Waals surface area contributed by atoms with Crippen LogP contribution in [0.3, 0.4) is 0 Å². The number of hydrogen-bond acceptors (Lipinski definition) is 5. The maximum Gasteiger partial charge on any atom is 0.322 e. The Balaban J connectivity index is 2.26. The number of hydrogen-bond donors (Lipinski definition) is 2. The van der Waals surface area contributed by atoms with Crippen LogP contribution in [0.2, 0.25) is 0 Å². The first-order valence-electron chi connectivity index (χ1n) is 8.54. The Kier molecular flexibility index (Phi) is 5.88. The first-order valence-corrected chi connectivity index (χ1v) is 8.54. The average Bonchev–Trinajstić information content (AvgIpc) is 2.56. The Bertz CT molecular complexity index is 786. The fraction of sp³-hybridized carbons (Fsp3) is 0.474. The second-order valence-corrected chi connectivity index (χ2v) is 7.23. The van der Waals surface area contributed by atoms with Gasteiger partial charge in [-0.1, -0.05) is 12.1 Å². The summed E-state index contributed by atoms with van der Waals surface area (Å²) in [6.45, 7) is 5.01. The molecule has 1 aromatic rings. The quantitative estimate of drug-likeness (QED) is 0.713. The number of ether oxygens (including phenoxy) is 1. The van der Waals surface area contributed by atoms with E-state index < -0.39 is 41.6 Å². The van der Waals surface area contributed by atoms with Gasteiger partial charge in [-0.25, -0.2) is 0 Å². The minimum atomic E-state index is -1.52. The minimum absolute atomic E-state index is 0.0129. The summed E-state index contributed by atoms with van der Waals surface area (Å²) in [5.41, 5.74) is 0.990. The van der Waals surface area contributed by atoms with Gasteiger partial charge in [0.05, 0.1) is 7.11 Å². The van der Waals surface area contributed by atoms with Crippen molar-refractivity contribution in [1.82, 2.24) is 10.2 Å². The summed E-state index contributed by atoms with van der Waals surface area (Å²) in [5, 5.41) is 10.8. The van der Waals surface area contributed by atoms with Crippen LogP contribution in [-0.2, 0) is 25.7 Å². The van der Waals surface area contributed by atoms with Crippen LogP contribution in [0.25, 0.3) is 0 Å². The lowest BCUT2D eigenvalue weighted by atomic mass is 9.82. The van der Waals surface area contributed by atoms with E-state index in [2.05, 4.69) is 5.32 Å². The molecule has 1 saturated heterocycles. The molecule has 8 heteroatoms. The average molecular weight is 376 g/mol. The van der Waals surface area contributed by atoms with Gasteiger partial charge in [0, 0.05) is 18.5 Å². The van der Waals surface area contributed by atoms with E-state index in [-0.39, 0.29) is 13.0 Å². The van der Waals surface area contributed by atoms with E-state index in [9.17, 15) is 19.2 Å². The monoisotopic (exact) mass is 376 g/mol. The second-order valence-electron chi connectivity index (χ2n) is 7.23. The molecule has 146 valence electrons. The normalized spacial score (nSPS) is 19.0. The van der Waals surface area contributed by atoms with Crippen LogP contribution in [0.15, 0.2) is 18.2 Å². The summed E-state index contributed by atoms with van der Waals surface area (Å²) in [6.07, 6.45) is 0.0129. The Hall–Kier alpha value is -2.90. The van der Waals surface area contributed by atoms with E-state index in [0.29, 0.717) is 0 Å². The number of benzene rings is 1. The number of nitrogens with one attached hydrogen (secondary N) is 1. The highest BCUT2D eigenvalue weighted by Gasteiger charge is 2.48. The van der Waals surface area contributed by atoms with Gasteiger partial charge in [0.2, 0.25) is 11.8 Å². The van der Waals surface area contributed by atoms with E-state index in [4.69, 9.17) is 9.84 Å². The Morgan fingerprint density at radius 2 is 2.00 bits per heavy atom. The van der Waals surface area contributed by atoms with Crippen molar-refractivity contribution < 1.29 is 29.0 Å². The first-order chi connectivity index (χ1) is 12.6. The summed E-state index contributed by atoms with van der Waals surface area (Å²) >= 11 is 0. The highest BCUT2D eigenvalue weighted by atomic mass is 16.5. The number of carbonyl (C=O) groups is 4. The summed E-state index contributed by atoms with van der Waals surface area (Å²) < 4.78 is 5.23. The van der Waals surface area contributed by atoms with Gasteiger partial charge >= 0.3 is 5.97 Å². The number of rotatable bonds is 6. The van der Waals surface area contributed by atoms with Crippen molar-refractivity contribution in [2.75, 3.05) is 13.7 Å². The van der Waals surface area contributed by atoms with Gasteiger partial charge in [-0.3, -0.25) is 19.2 Å². The zero-order chi connectivity index (χ0) is 20.4. The van der Waals surface area contributed by atoms with Crippen molar-refractivity contribution in [3.8, 4) is 5.75 Å². The van der Waals surface area contributed by atoms with Gasteiger partial charge in [0.15, 0.2) is 11.7 Å². The molecule has 27 heavy (non-hydrogen) atoms. The smallest absolute Gasteiger partial charge is 0.322 e. The molecule has 0 saturated carbocycles. The van der Waals surface area contributed by atoms with Gasteiger partial charge in [0.1, 0.15) is 12.3 Å². The standard InChI is InChI=1S/C19H24N2O6/c1-11-7-12(5-6-14(11)27-4)10-21-18(26)16(13(22)8-19(21,2)3)17(25)20-9-15(23)24/h5-7,16H,8-10H2,1-4H3,(H,20,25)(H,23,24). The van der Waals surface area contributed by atoms with E-state index in [0.717, 1.165) is 16.9 Å². The van der Waals surface area contributed by atoms with Crippen LogP contribution < -0.4 is 10.1 Å². The van der Waals surface area contributed by atoms with Crippen molar-refractivity contribution in [1.29, 1.82) is 0 Å². The fourth-order valence-electron chi connectivity index (χ4n) is 3.25. The molecule has 1 atom stereocenters. The third-order valence-electron chi connectivity index (χ3n) is 4.65. The lowest BCUT2D eigenvalue weighted by Crippen LogP contribution is -2.60. The zero-order valence-electron chi connectivity index (χ0n) is 15.9. The highest BCUT2D eigenvalue weighted by molar-refractivity contribution is 6.20.